The first kappa shape index (κ1) is 15.8. The molecule has 0 unspecified atom stereocenters. The number of hydrogen-bond acceptors (Lipinski definition) is 1. The first-order valence-corrected chi connectivity index (χ1v) is 1.88. The SMILES string of the molecule is CC(C)CO.O.[Ba+2].[H-].[H-]. The Labute approximate surface area is 87.7 Å². The summed E-state index contributed by atoms with van der Waals surface area (Å²) in [6, 6.07) is 0. The Hall–Kier alpha value is 1.49. The summed E-state index contributed by atoms with van der Waals surface area (Å²) in [5.41, 5.74) is 0. The molecule has 0 aromatic heterocycles. The molecule has 0 saturated carbocycles. The molecule has 0 aliphatic rings. The monoisotopic (exact) mass is 232 g/mol. The van der Waals surface area contributed by atoms with Crippen molar-refractivity contribution in [1.82, 2.24) is 0 Å². The molecule has 0 spiro atoms. The molecule has 7 heavy (non-hydrogen) atoms. The van der Waals surface area contributed by atoms with E-state index in [-0.39, 0.29) is 57.2 Å². The normalized spacial score (nSPS) is 6.86. The van der Waals surface area contributed by atoms with Crippen molar-refractivity contribution < 1.29 is 13.4 Å². The molecule has 0 rings (SSSR count). The zero-order valence-electron chi connectivity index (χ0n) is 6.94. The van der Waals surface area contributed by atoms with Gasteiger partial charge in [0.2, 0.25) is 0 Å². The second-order valence-corrected chi connectivity index (χ2v) is 1.58. The van der Waals surface area contributed by atoms with Gasteiger partial charge in [-0.1, -0.05) is 13.8 Å². The van der Waals surface area contributed by atoms with Crippen molar-refractivity contribution in [3.8, 4) is 0 Å². The van der Waals surface area contributed by atoms with Crippen LogP contribution in [0.25, 0.3) is 0 Å². The summed E-state index contributed by atoms with van der Waals surface area (Å²) in [5.74, 6) is 0.440. The van der Waals surface area contributed by atoms with Gasteiger partial charge < -0.3 is 13.4 Å². The smallest absolute Gasteiger partial charge is 1.00 e. The first-order chi connectivity index (χ1) is 2.27. The van der Waals surface area contributed by atoms with Crippen LogP contribution in [0.4, 0.5) is 0 Å². The topological polar surface area (TPSA) is 51.7 Å². The zero-order chi connectivity index (χ0) is 4.28. The molecule has 0 radical (unpaired) electrons. The zero-order valence-corrected chi connectivity index (χ0v) is 9.38. The molecular weight excluding hydrogens is 217 g/mol. The van der Waals surface area contributed by atoms with E-state index in [4.69, 9.17) is 5.11 Å². The Balaban J connectivity index is -0.0000000133. The summed E-state index contributed by atoms with van der Waals surface area (Å²) in [6.45, 7) is 4.25. The van der Waals surface area contributed by atoms with Gasteiger partial charge in [0.1, 0.15) is 0 Å². The van der Waals surface area contributed by atoms with E-state index >= 15 is 0 Å². The van der Waals surface area contributed by atoms with E-state index in [1.54, 1.807) is 0 Å². The van der Waals surface area contributed by atoms with Crippen LogP contribution >= 0.6 is 0 Å². The average Bonchev–Trinajstić information content (AvgIpc) is 1.38. The molecule has 0 aromatic rings. The quantitative estimate of drug-likeness (QED) is 0.617. The van der Waals surface area contributed by atoms with E-state index in [9.17, 15) is 0 Å². The van der Waals surface area contributed by atoms with Gasteiger partial charge in [0.25, 0.3) is 0 Å². The summed E-state index contributed by atoms with van der Waals surface area (Å²) in [7, 11) is 0. The van der Waals surface area contributed by atoms with Gasteiger partial charge in [0.15, 0.2) is 0 Å². The fourth-order valence-electron chi connectivity index (χ4n) is 0. The minimum absolute atomic E-state index is 0. The van der Waals surface area contributed by atoms with Crippen LogP contribution in [0.5, 0.6) is 0 Å². The maximum absolute atomic E-state index is 8.14. The Morgan fingerprint density at radius 3 is 1.71 bits per heavy atom. The van der Waals surface area contributed by atoms with Crippen LogP contribution < -0.4 is 0 Å². The molecule has 0 atom stereocenters. The standard InChI is InChI=1S/C4H10O.Ba.H2O.2H/c1-4(2)3-5;;;;/h4-5H,3H2,1-2H3;;1H2;;/q;+2;;2*-1. The Morgan fingerprint density at radius 1 is 1.57 bits per heavy atom. The van der Waals surface area contributed by atoms with Crippen LogP contribution in [-0.4, -0.2) is 66.1 Å². The molecule has 2 nitrogen and oxygen atoms in total. The summed E-state index contributed by atoms with van der Waals surface area (Å²) in [4.78, 5) is 0. The van der Waals surface area contributed by atoms with E-state index in [1.807, 2.05) is 13.8 Å². The van der Waals surface area contributed by atoms with Crippen molar-refractivity contribution in [2.24, 2.45) is 5.92 Å². The summed E-state index contributed by atoms with van der Waals surface area (Å²) >= 11 is 0. The number of rotatable bonds is 1. The third-order valence-electron chi connectivity index (χ3n) is 0.365. The predicted molar refractivity (Wildman–Crippen MR) is 33.5 cm³/mol. The van der Waals surface area contributed by atoms with Gasteiger partial charge >= 0.3 is 48.9 Å². The van der Waals surface area contributed by atoms with E-state index in [2.05, 4.69) is 0 Å². The van der Waals surface area contributed by atoms with E-state index in [0.717, 1.165) is 0 Å². The predicted octanol–water partition coefficient (Wildman–Crippen LogP) is -0.346. The van der Waals surface area contributed by atoms with Crippen LogP contribution in [0.2, 0.25) is 0 Å². The third-order valence-corrected chi connectivity index (χ3v) is 0.365. The summed E-state index contributed by atoms with van der Waals surface area (Å²) in [6.07, 6.45) is 0. The molecule has 44 valence electrons. The van der Waals surface area contributed by atoms with E-state index in [1.165, 1.54) is 0 Å². The molecule has 0 fully saturated rings. The number of aliphatic hydroxyl groups is 1. The maximum atomic E-state index is 8.14. The molecule has 3 heteroatoms. The second kappa shape index (κ2) is 10.5. The second-order valence-electron chi connectivity index (χ2n) is 1.58. The van der Waals surface area contributed by atoms with Crippen molar-refractivity contribution >= 4 is 48.9 Å². The average molecular weight is 231 g/mol. The van der Waals surface area contributed by atoms with Crippen molar-refractivity contribution in [3.05, 3.63) is 0 Å². The molecule has 0 aromatic carbocycles. The van der Waals surface area contributed by atoms with Gasteiger partial charge in [-0.2, -0.15) is 0 Å². The minimum atomic E-state index is 0. The van der Waals surface area contributed by atoms with Crippen molar-refractivity contribution in [1.29, 1.82) is 0 Å². The van der Waals surface area contributed by atoms with Crippen LogP contribution in [0, 0.1) is 5.92 Å². The van der Waals surface area contributed by atoms with Gasteiger partial charge in [-0.3, -0.25) is 0 Å². The van der Waals surface area contributed by atoms with Crippen molar-refractivity contribution in [2.45, 2.75) is 13.8 Å². The maximum Gasteiger partial charge on any atom is 2.00 e. The number of aliphatic hydroxyl groups excluding tert-OH is 1. The molecule has 0 saturated heterocycles. The molecular formula is C4H14BaO2. The van der Waals surface area contributed by atoms with Crippen LogP contribution in [0.1, 0.15) is 16.7 Å². The minimum Gasteiger partial charge on any atom is -1.00 e. The van der Waals surface area contributed by atoms with Gasteiger partial charge in [-0.05, 0) is 5.92 Å². The molecule has 0 bridgehead atoms. The third kappa shape index (κ3) is 18.5. The van der Waals surface area contributed by atoms with Gasteiger partial charge in [-0.15, -0.1) is 0 Å². The molecule has 0 amide bonds. The molecule has 0 heterocycles. The number of hydrogen-bond donors (Lipinski definition) is 1. The Bertz CT molecular complexity index is 30.5. The first-order valence-electron chi connectivity index (χ1n) is 1.88. The van der Waals surface area contributed by atoms with Crippen LogP contribution in [0.15, 0.2) is 0 Å². The Kier molecular flexibility index (Phi) is 23.6. The van der Waals surface area contributed by atoms with Crippen LogP contribution in [-0.2, 0) is 0 Å². The van der Waals surface area contributed by atoms with Crippen molar-refractivity contribution in [2.75, 3.05) is 6.61 Å². The van der Waals surface area contributed by atoms with Gasteiger partial charge in [0, 0.05) is 6.61 Å². The summed E-state index contributed by atoms with van der Waals surface area (Å²) in [5, 5.41) is 8.14. The van der Waals surface area contributed by atoms with Crippen LogP contribution in [0.3, 0.4) is 0 Å². The Morgan fingerprint density at radius 2 is 1.71 bits per heavy atom. The van der Waals surface area contributed by atoms with Crippen molar-refractivity contribution in [3.63, 3.8) is 0 Å². The fraction of sp³-hybridized carbons (Fsp3) is 1.00. The van der Waals surface area contributed by atoms with E-state index in [0.29, 0.717) is 12.5 Å². The fourth-order valence-corrected chi connectivity index (χ4v) is 0. The molecule has 0 aliphatic carbocycles. The summed E-state index contributed by atoms with van der Waals surface area (Å²) < 4.78 is 0. The largest absolute Gasteiger partial charge is 2.00 e. The molecule has 0 aliphatic heterocycles. The van der Waals surface area contributed by atoms with Gasteiger partial charge in [-0.25, -0.2) is 0 Å². The molecule has 3 N–H and O–H groups in total. The van der Waals surface area contributed by atoms with Gasteiger partial charge in [0.05, 0.1) is 0 Å². The van der Waals surface area contributed by atoms with E-state index < -0.39 is 0 Å².